The first-order valence-corrected chi connectivity index (χ1v) is 10.3. The largest absolute Gasteiger partial charge is 0.326 e. The molecular formula is C22H26Cl2N2O. The fourth-order valence-electron chi connectivity index (χ4n) is 3.85. The van der Waals surface area contributed by atoms with Gasteiger partial charge in [0.1, 0.15) is 0 Å². The van der Waals surface area contributed by atoms with E-state index < -0.39 is 0 Å². The van der Waals surface area contributed by atoms with E-state index in [0.717, 1.165) is 31.4 Å². The Morgan fingerprint density at radius 3 is 2.59 bits per heavy atom. The molecule has 0 saturated carbocycles. The van der Waals surface area contributed by atoms with Gasteiger partial charge in [0.25, 0.3) is 0 Å². The number of fused-ring (bicyclic) bond motifs is 1. The number of hydrogen-bond acceptors (Lipinski definition) is 2. The summed E-state index contributed by atoms with van der Waals surface area (Å²) in [5.74, 6) is 0.360. The van der Waals surface area contributed by atoms with E-state index in [1.165, 1.54) is 16.7 Å². The molecule has 0 heterocycles. The number of unbranched alkanes of at least 4 members (excludes halogenated alkanes) is 1. The van der Waals surface area contributed by atoms with Crippen LogP contribution in [-0.2, 0) is 4.79 Å². The zero-order valence-electron chi connectivity index (χ0n) is 15.8. The highest BCUT2D eigenvalue weighted by Crippen LogP contribution is 2.43. The van der Waals surface area contributed by atoms with Crippen molar-refractivity contribution in [1.82, 2.24) is 5.32 Å². The van der Waals surface area contributed by atoms with Crippen LogP contribution in [0.25, 0.3) is 0 Å². The lowest BCUT2D eigenvalue weighted by molar-refractivity contribution is -0.116. The van der Waals surface area contributed by atoms with Crippen LogP contribution in [0.5, 0.6) is 0 Å². The minimum absolute atomic E-state index is 0.0784. The Labute approximate surface area is 171 Å². The highest BCUT2D eigenvalue weighted by molar-refractivity contribution is 6.42. The summed E-state index contributed by atoms with van der Waals surface area (Å²) in [7, 11) is 1.99. The lowest BCUT2D eigenvalue weighted by Gasteiger charge is -2.32. The second kappa shape index (κ2) is 9.09. The molecule has 0 aliphatic heterocycles. The van der Waals surface area contributed by atoms with Crippen LogP contribution < -0.4 is 10.6 Å². The predicted molar refractivity (Wildman–Crippen MR) is 114 cm³/mol. The molecule has 3 nitrogen and oxygen atoms in total. The Morgan fingerprint density at radius 1 is 1.07 bits per heavy atom. The summed E-state index contributed by atoms with van der Waals surface area (Å²) in [5, 5.41) is 7.61. The van der Waals surface area contributed by atoms with E-state index in [2.05, 4.69) is 35.8 Å². The van der Waals surface area contributed by atoms with Crippen molar-refractivity contribution >= 4 is 34.8 Å². The van der Waals surface area contributed by atoms with Gasteiger partial charge in [-0.25, -0.2) is 0 Å². The molecule has 3 rings (SSSR count). The lowest BCUT2D eigenvalue weighted by Crippen LogP contribution is -2.24. The molecule has 2 aromatic rings. The fraction of sp³-hybridized carbons (Fsp3) is 0.409. The quantitative estimate of drug-likeness (QED) is 0.591. The first-order chi connectivity index (χ1) is 13.0. The Balaban J connectivity index is 1.91. The lowest BCUT2D eigenvalue weighted by atomic mass is 9.76. The molecule has 1 aliphatic carbocycles. The Morgan fingerprint density at radius 2 is 1.89 bits per heavy atom. The molecule has 0 aromatic heterocycles. The number of carbonyl (C=O) groups excluding carboxylic acids is 1. The SMILES string of the molecule is CCCCC(=O)Nc1ccc2c(c1)C(NC)CCC2c1ccc(Cl)c(Cl)c1. The van der Waals surface area contributed by atoms with Gasteiger partial charge in [0, 0.05) is 24.1 Å². The van der Waals surface area contributed by atoms with E-state index >= 15 is 0 Å². The van der Waals surface area contributed by atoms with Crippen molar-refractivity contribution in [2.45, 2.75) is 51.0 Å². The van der Waals surface area contributed by atoms with Gasteiger partial charge in [-0.3, -0.25) is 4.79 Å². The average molecular weight is 405 g/mol. The number of benzene rings is 2. The zero-order valence-corrected chi connectivity index (χ0v) is 17.3. The van der Waals surface area contributed by atoms with Crippen molar-refractivity contribution in [1.29, 1.82) is 0 Å². The number of nitrogens with one attached hydrogen (secondary N) is 2. The number of anilines is 1. The van der Waals surface area contributed by atoms with Crippen molar-refractivity contribution in [2.75, 3.05) is 12.4 Å². The minimum atomic E-state index is 0.0784. The monoisotopic (exact) mass is 404 g/mol. The van der Waals surface area contributed by atoms with Crippen LogP contribution in [0.4, 0.5) is 5.69 Å². The Hall–Kier alpha value is -1.55. The van der Waals surface area contributed by atoms with E-state index in [0.29, 0.717) is 16.5 Å². The van der Waals surface area contributed by atoms with Gasteiger partial charge in [-0.2, -0.15) is 0 Å². The molecule has 0 radical (unpaired) electrons. The summed E-state index contributed by atoms with van der Waals surface area (Å²) in [4.78, 5) is 12.1. The van der Waals surface area contributed by atoms with E-state index in [9.17, 15) is 4.79 Å². The van der Waals surface area contributed by atoms with Gasteiger partial charge in [0.05, 0.1) is 10.0 Å². The first kappa shape index (κ1) is 20.2. The van der Waals surface area contributed by atoms with Gasteiger partial charge in [0.2, 0.25) is 5.91 Å². The topological polar surface area (TPSA) is 41.1 Å². The number of rotatable bonds is 6. The Kier molecular flexibility index (Phi) is 6.80. The van der Waals surface area contributed by atoms with Crippen molar-refractivity contribution < 1.29 is 4.79 Å². The smallest absolute Gasteiger partial charge is 0.224 e. The molecule has 2 atom stereocenters. The molecule has 1 amide bonds. The highest BCUT2D eigenvalue weighted by atomic mass is 35.5. The molecule has 27 heavy (non-hydrogen) atoms. The summed E-state index contributed by atoms with van der Waals surface area (Å²) in [6.07, 6.45) is 4.56. The molecule has 2 unspecified atom stereocenters. The summed E-state index contributed by atoms with van der Waals surface area (Å²) in [6, 6.07) is 12.4. The van der Waals surface area contributed by atoms with Gasteiger partial charge in [-0.1, -0.05) is 48.7 Å². The number of hydrogen-bond donors (Lipinski definition) is 2. The maximum absolute atomic E-state index is 12.1. The van der Waals surface area contributed by atoms with E-state index in [1.54, 1.807) is 0 Å². The number of amides is 1. The van der Waals surface area contributed by atoms with Crippen LogP contribution in [0.1, 0.15) is 67.7 Å². The highest BCUT2D eigenvalue weighted by Gasteiger charge is 2.28. The molecule has 2 N–H and O–H groups in total. The average Bonchev–Trinajstić information content (AvgIpc) is 2.67. The van der Waals surface area contributed by atoms with Gasteiger partial charge >= 0.3 is 0 Å². The summed E-state index contributed by atoms with van der Waals surface area (Å²) in [6.45, 7) is 2.09. The molecule has 5 heteroatoms. The molecule has 0 bridgehead atoms. The fourth-order valence-corrected chi connectivity index (χ4v) is 4.16. The van der Waals surface area contributed by atoms with Gasteiger partial charge in [-0.05, 0) is 67.3 Å². The summed E-state index contributed by atoms with van der Waals surface area (Å²) >= 11 is 12.3. The van der Waals surface area contributed by atoms with Gasteiger partial charge in [0.15, 0.2) is 0 Å². The molecular weight excluding hydrogens is 379 g/mol. The zero-order chi connectivity index (χ0) is 19.4. The van der Waals surface area contributed by atoms with Crippen LogP contribution >= 0.6 is 23.2 Å². The van der Waals surface area contributed by atoms with Crippen LogP contribution in [0.15, 0.2) is 36.4 Å². The van der Waals surface area contributed by atoms with Crippen molar-refractivity contribution in [3.8, 4) is 0 Å². The normalized spacial score (nSPS) is 18.8. The third kappa shape index (κ3) is 4.66. The Bertz CT molecular complexity index is 822. The van der Waals surface area contributed by atoms with Crippen LogP contribution in [0, 0.1) is 0 Å². The summed E-state index contributed by atoms with van der Waals surface area (Å²) < 4.78 is 0. The second-order valence-corrected chi connectivity index (χ2v) is 7.95. The minimum Gasteiger partial charge on any atom is -0.326 e. The van der Waals surface area contributed by atoms with E-state index in [4.69, 9.17) is 23.2 Å². The van der Waals surface area contributed by atoms with Gasteiger partial charge < -0.3 is 10.6 Å². The van der Waals surface area contributed by atoms with Crippen LogP contribution in [0.2, 0.25) is 10.0 Å². The molecule has 0 spiro atoms. The number of halogens is 2. The standard InChI is InChI=1S/C22H26Cl2N2O/c1-3-4-5-22(27)26-15-7-8-17-16(9-11-21(25-2)18(17)13-15)14-6-10-19(23)20(24)12-14/h6-8,10,12-13,16,21,25H,3-5,9,11H2,1-2H3,(H,26,27). The third-order valence-corrected chi connectivity index (χ3v) is 6.06. The van der Waals surface area contributed by atoms with Crippen molar-refractivity contribution in [2.24, 2.45) is 0 Å². The molecule has 144 valence electrons. The van der Waals surface area contributed by atoms with E-state index in [1.807, 2.05) is 25.2 Å². The maximum Gasteiger partial charge on any atom is 0.224 e. The number of carbonyl (C=O) groups is 1. The molecule has 0 saturated heterocycles. The van der Waals surface area contributed by atoms with Gasteiger partial charge in [-0.15, -0.1) is 0 Å². The molecule has 1 aliphatic rings. The van der Waals surface area contributed by atoms with E-state index in [-0.39, 0.29) is 17.9 Å². The first-order valence-electron chi connectivity index (χ1n) is 9.59. The predicted octanol–water partition coefficient (Wildman–Crippen LogP) is 6.31. The maximum atomic E-state index is 12.1. The molecule has 0 fully saturated rings. The van der Waals surface area contributed by atoms with Crippen LogP contribution in [-0.4, -0.2) is 13.0 Å². The second-order valence-electron chi connectivity index (χ2n) is 7.14. The van der Waals surface area contributed by atoms with Crippen molar-refractivity contribution in [3.05, 3.63) is 63.1 Å². The summed E-state index contributed by atoms with van der Waals surface area (Å²) in [5.41, 5.74) is 4.57. The van der Waals surface area contributed by atoms with Crippen LogP contribution in [0.3, 0.4) is 0 Å². The third-order valence-electron chi connectivity index (χ3n) is 5.32. The molecule has 2 aromatic carbocycles. The van der Waals surface area contributed by atoms with Crippen molar-refractivity contribution in [3.63, 3.8) is 0 Å².